The molecular weight excluding hydrogens is 286 g/mol. The van der Waals surface area contributed by atoms with Crippen LogP contribution >= 0.6 is 0 Å². The van der Waals surface area contributed by atoms with E-state index in [1.165, 1.54) is 25.5 Å². The van der Waals surface area contributed by atoms with Gasteiger partial charge in [0.2, 0.25) is 0 Å². The SMILES string of the molecule is C=C(CC1(C#N)C(C#N)=CC=CN1C(=O)OCC)C(=O)OC. The smallest absolute Gasteiger partial charge is 0.415 e. The first-order valence-electron chi connectivity index (χ1n) is 6.39. The molecule has 22 heavy (non-hydrogen) atoms. The molecule has 0 aromatic rings. The number of allylic oxidation sites excluding steroid dienone is 2. The van der Waals surface area contributed by atoms with Gasteiger partial charge in [0, 0.05) is 18.2 Å². The second kappa shape index (κ2) is 7.09. The van der Waals surface area contributed by atoms with Crippen molar-refractivity contribution in [1.29, 1.82) is 10.5 Å². The van der Waals surface area contributed by atoms with Crippen molar-refractivity contribution in [2.24, 2.45) is 0 Å². The number of hydrogen-bond acceptors (Lipinski definition) is 6. The van der Waals surface area contributed by atoms with Gasteiger partial charge in [-0.05, 0) is 19.1 Å². The van der Waals surface area contributed by atoms with E-state index in [-0.39, 0.29) is 24.2 Å². The molecule has 0 aromatic carbocycles. The van der Waals surface area contributed by atoms with E-state index in [1.807, 2.05) is 12.1 Å². The maximum absolute atomic E-state index is 12.1. The minimum atomic E-state index is -1.69. The minimum Gasteiger partial charge on any atom is -0.466 e. The van der Waals surface area contributed by atoms with Crippen LogP contribution < -0.4 is 0 Å². The van der Waals surface area contributed by atoms with Crippen molar-refractivity contribution < 1.29 is 19.1 Å². The first-order chi connectivity index (χ1) is 10.5. The Morgan fingerprint density at radius 3 is 2.64 bits per heavy atom. The lowest BCUT2D eigenvalue weighted by atomic mass is 9.82. The lowest BCUT2D eigenvalue weighted by molar-refractivity contribution is -0.136. The van der Waals surface area contributed by atoms with Crippen LogP contribution in [0.1, 0.15) is 13.3 Å². The van der Waals surface area contributed by atoms with Gasteiger partial charge in [-0.2, -0.15) is 10.5 Å². The lowest BCUT2D eigenvalue weighted by Crippen LogP contribution is -2.51. The van der Waals surface area contributed by atoms with Crippen LogP contribution in [-0.4, -0.2) is 36.2 Å². The summed E-state index contributed by atoms with van der Waals surface area (Å²) in [6.45, 7) is 5.28. The van der Waals surface area contributed by atoms with Gasteiger partial charge in [-0.1, -0.05) is 6.58 Å². The zero-order valence-electron chi connectivity index (χ0n) is 12.3. The fourth-order valence-electron chi connectivity index (χ4n) is 2.02. The molecule has 0 aromatic heterocycles. The number of carbonyl (C=O) groups is 2. The van der Waals surface area contributed by atoms with Gasteiger partial charge < -0.3 is 9.47 Å². The van der Waals surface area contributed by atoms with E-state index >= 15 is 0 Å². The predicted octanol–water partition coefficient (Wildman–Crippen LogP) is 1.80. The molecule has 0 saturated heterocycles. The topological polar surface area (TPSA) is 103 Å². The van der Waals surface area contributed by atoms with Crippen LogP contribution in [0, 0.1) is 22.7 Å². The van der Waals surface area contributed by atoms with Gasteiger partial charge in [0.05, 0.1) is 31.4 Å². The summed E-state index contributed by atoms with van der Waals surface area (Å²) in [7, 11) is 1.18. The standard InChI is InChI=1S/C15H15N3O4/c1-4-22-14(20)18-7-5-6-12(9-16)15(18,10-17)8-11(2)13(19)21-3/h5-7H,2,4,8H2,1,3H3. The molecule has 0 bridgehead atoms. The number of esters is 1. The summed E-state index contributed by atoms with van der Waals surface area (Å²) in [6, 6.07) is 3.81. The minimum absolute atomic E-state index is 0.00982. The summed E-state index contributed by atoms with van der Waals surface area (Å²) in [5.41, 5.74) is -1.72. The van der Waals surface area contributed by atoms with Crippen molar-refractivity contribution in [3.63, 3.8) is 0 Å². The average molecular weight is 301 g/mol. The van der Waals surface area contributed by atoms with Gasteiger partial charge in [-0.15, -0.1) is 0 Å². The fraction of sp³-hybridized carbons (Fsp3) is 0.333. The summed E-state index contributed by atoms with van der Waals surface area (Å²) < 4.78 is 9.45. The van der Waals surface area contributed by atoms with Crippen LogP contribution in [0.3, 0.4) is 0 Å². The van der Waals surface area contributed by atoms with Crippen molar-refractivity contribution in [1.82, 2.24) is 4.90 Å². The molecule has 1 heterocycles. The molecule has 0 N–H and O–H groups in total. The van der Waals surface area contributed by atoms with Gasteiger partial charge in [-0.3, -0.25) is 4.90 Å². The third-order valence-corrected chi connectivity index (χ3v) is 3.07. The largest absolute Gasteiger partial charge is 0.466 e. The van der Waals surface area contributed by atoms with Crippen molar-refractivity contribution in [3.05, 3.63) is 36.1 Å². The molecule has 0 saturated carbocycles. The summed E-state index contributed by atoms with van der Waals surface area (Å²) >= 11 is 0. The summed E-state index contributed by atoms with van der Waals surface area (Å²) in [4.78, 5) is 24.6. The Kier molecular flexibility index (Phi) is 5.48. The van der Waals surface area contributed by atoms with Crippen molar-refractivity contribution in [2.75, 3.05) is 13.7 Å². The van der Waals surface area contributed by atoms with Gasteiger partial charge in [-0.25, -0.2) is 9.59 Å². The molecule has 1 atom stereocenters. The van der Waals surface area contributed by atoms with Crippen molar-refractivity contribution >= 4 is 12.1 Å². The Bertz CT molecular complexity index is 636. The zero-order chi connectivity index (χ0) is 16.8. The van der Waals surface area contributed by atoms with Gasteiger partial charge >= 0.3 is 12.1 Å². The molecule has 1 rings (SSSR count). The van der Waals surface area contributed by atoms with Gasteiger partial charge in [0.25, 0.3) is 0 Å². The molecule has 1 aliphatic heterocycles. The summed E-state index contributed by atoms with van der Waals surface area (Å²) in [5, 5.41) is 18.9. The second-order valence-corrected chi connectivity index (χ2v) is 4.35. The first-order valence-corrected chi connectivity index (χ1v) is 6.39. The molecular formula is C15H15N3O4. The fourth-order valence-corrected chi connectivity index (χ4v) is 2.02. The quantitative estimate of drug-likeness (QED) is 0.579. The molecule has 1 unspecified atom stereocenters. The number of rotatable bonds is 4. The van der Waals surface area contributed by atoms with E-state index in [4.69, 9.17) is 4.74 Å². The van der Waals surface area contributed by atoms with Gasteiger partial charge in [0.1, 0.15) is 0 Å². The maximum atomic E-state index is 12.1. The Labute approximate surface area is 128 Å². The summed E-state index contributed by atoms with van der Waals surface area (Å²) in [5.74, 6) is -0.717. The Morgan fingerprint density at radius 2 is 2.14 bits per heavy atom. The number of nitriles is 2. The van der Waals surface area contributed by atoms with Crippen LogP contribution in [0.15, 0.2) is 36.1 Å². The van der Waals surface area contributed by atoms with E-state index in [9.17, 15) is 20.1 Å². The molecule has 0 radical (unpaired) electrons. The number of amides is 1. The second-order valence-electron chi connectivity index (χ2n) is 4.35. The first kappa shape index (κ1) is 17.0. The molecule has 7 nitrogen and oxygen atoms in total. The molecule has 1 aliphatic rings. The van der Waals surface area contributed by atoms with Crippen LogP contribution in [0.5, 0.6) is 0 Å². The number of nitrogens with zero attached hydrogens (tertiary/aromatic N) is 3. The van der Waals surface area contributed by atoms with Crippen LogP contribution in [0.4, 0.5) is 4.79 Å². The van der Waals surface area contributed by atoms with Crippen molar-refractivity contribution in [2.45, 2.75) is 18.9 Å². The molecule has 0 fully saturated rings. The highest BCUT2D eigenvalue weighted by Gasteiger charge is 2.46. The van der Waals surface area contributed by atoms with E-state index in [0.29, 0.717) is 0 Å². The highest BCUT2D eigenvalue weighted by Crippen LogP contribution is 2.34. The normalized spacial score (nSPS) is 19.5. The maximum Gasteiger partial charge on any atom is 0.415 e. The van der Waals surface area contributed by atoms with Crippen LogP contribution in [0.25, 0.3) is 0 Å². The Hall–Kier alpha value is -3.06. The van der Waals surface area contributed by atoms with Crippen LogP contribution in [-0.2, 0) is 14.3 Å². The van der Waals surface area contributed by atoms with E-state index in [1.54, 1.807) is 6.92 Å². The summed E-state index contributed by atoms with van der Waals surface area (Å²) in [6.07, 6.45) is 3.12. The zero-order valence-corrected chi connectivity index (χ0v) is 12.3. The molecule has 114 valence electrons. The number of carbonyl (C=O) groups excluding carboxylic acids is 2. The number of methoxy groups -OCH3 is 1. The molecule has 0 aliphatic carbocycles. The Balaban J connectivity index is 3.31. The third kappa shape index (κ3) is 2.99. The monoisotopic (exact) mass is 301 g/mol. The average Bonchev–Trinajstić information content (AvgIpc) is 2.53. The van der Waals surface area contributed by atoms with Crippen LogP contribution in [0.2, 0.25) is 0 Å². The molecule has 1 amide bonds. The van der Waals surface area contributed by atoms with Crippen molar-refractivity contribution in [3.8, 4) is 12.1 Å². The molecule has 0 spiro atoms. The third-order valence-electron chi connectivity index (χ3n) is 3.07. The predicted molar refractivity (Wildman–Crippen MR) is 75.8 cm³/mol. The highest BCUT2D eigenvalue weighted by molar-refractivity contribution is 5.88. The van der Waals surface area contributed by atoms with Gasteiger partial charge in [0.15, 0.2) is 5.54 Å². The highest BCUT2D eigenvalue weighted by atomic mass is 16.6. The lowest BCUT2D eigenvalue weighted by Gasteiger charge is -2.37. The van der Waals surface area contributed by atoms with E-state index < -0.39 is 17.6 Å². The number of ether oxygens (including phenoxy) is 2. The number of hydrogen-bond donors (Lipinski definition) is 0. The molecule has 7 heteroatoms. The van der Waals surface area contributed by atoms with E-state index in [0.717, 1.165) is 4.90 Å². The Morgan fingerprint density at radius 1 is 1.45 bits per heavy atom. The van der Waals surface area contributed by atoms with E-state index in [2.05, 4.69) is 11.3 Å².